The smallest absolute Gasteiger partial charge is 0.341 e. The van der Waals surface area contributed by atoms with Gasteiger partial charge in [-0.1, -0.05) is 30.3 Å². The molecule has 0 amide bonds. The van der Waals surface area contributed by atoms with Crippen molar-refractivity contribution in [3.8, 4) is 11.1 Å². The van der Waals surface area contributed by atoms with Gasteiger partial charge in [-0.3, -0.25) is 4.79 Å². The van der Waals surface area contributed by atoms with E-state index in [-0.39, 0.29) is 5.56 Å². The molecule has 4 nitrogen and oxygen atoms in total. The second-order valence-electron chi connectivity index (χ2n) is 3.70. The van der Waals surface area contributed by atoms with Gasteiger partial charge in [0.1, 0.15) is 5.56 Å². The monoisotopic (exact) mass is 229 g/mol. The van der Waals surface area contributed by atoms with Crippen LogP contribution in [0.5, 0.6) is 0 Å². The Morgan fingerprint density at radius 2 is 1.88 bits per heavy atom. The van der Waals surface area contributed by atoms with Crippen LogP contribution in [0.2, 0.25) is 0 Å². The lowest BCUT2D eigenvalue weighted by Gasteiger charge is -2.06. The summed E-state index contributed by atoms with van der Waals surface area (Å²) in [5.41, 5.74) is 1.08. The van der Waals surface area contributed by atoms with Gasteiger partial charge < -0.3 is 10.1 Å². The maximum absolute atomic E-state index is 12.0. The van der Waals surface area contributed by atoms with Crippen molar-refractivity contribution in [1.29, 1.82) is 0 Å². The summed E-state index contributed by atoms with van der Waals surface area (Å²) in [6, 6.07) is 9.02. The van der Waals surface area contributed by atoms with Crippen molar-refractivity contribution in [1.82, 2.24) is 4.98 Å². The van der Waals surface area contributed by atoms with Crippen LogP contribution < -0.4 is 5.43 Å². The van der Waals surface area contributed by atoms with Crippen molar-refractivity contribution in [2.75, 3.05) is 0 Å². The highest BCUT2D eigenvalue weighted by molar-refractivity contribution is 5.89. The van der Waals surface area contributed by atoms with Gasteiger partial charge in [0.05, 0.1) is 0 Å². The predicted octanol–water partition coefficient (Wildman–Crippen LogP) is 2.05. The van der Waals surface area contributed by atoms with E-state index in [0.29, 0.717) is 16.8 Å². The summed E-state index contributed by atoms with van der Waals surface area (Å²) in [6.07, 6.45) is 1.23. The molecule has 2 rings (SSSR count). The molecule has 2 N–H and O–H groups in total. The second kappa shape index (κ2) is 4.25. The van der Waals surface area contributed by atoms with Crippen molar-refractivity contribution >= 4 is 5.97 Å². The number of carboxylic acids is 1. The molecule has 1 aromatic carbocycles. The molecule has 0 saturated heterocycles. The number of pyridine rings is 1. The Morgan fingerprint density at radius 3 is 2.47 bits per heavy atom. The summed E-state index contributed by atoms with van der Waals surface area (Å²) < 4.78 is 0. The van der Waals surface area contributed by atoms with Gasteiger partial charge in [0.2, 0.25) is 5.43 Å². The quantitative estimate of drug-likeness (QED) is 0.827. The van der Waals surface area contributed by atoms with Crippen molar-refractivity contribution < 1.29 is 9.90 Å². The molecule has 2 aromatic rings. The first-order chi connectivity index (χ1) is 8.11. The minimum Gasteiger partial charge on any atom is -0.477 e. The molecule has 0 atom stereocenters. The Morgan fingerprint density at radius 1 is 1.24 bits per heavy atom. The number of carbonyl (C=O) groups is 1. The van der Waals surface area contributed by atoms with Gasteiger partial charge in [0, 0.05) is 17.5 Å². The number of H-pyrrole nitrogens is 1. The topological polar surface area (TPSA) is 70.2 Å². The largest absolute Gasteiger partial charge is 0.477 e. The van der Waals surface area contributed by atoms with Crippen LogP contribution in [-0.2, 0) is 0 Å². The third-order valence-electron chi connectivity index (χ3n) is 2.57. The van der Waals surface area contributed by atoms with Crippen LogP contribution in [0.3, 0.4) is 0 Å². The first-order valence-electron chi connectivity index (χ1n) is 5.12. The van der Waals surface area contributed by atoms with Crippen LogP contribution in [0.25, 0.3) is 11.1 Å². The molecule has 0 aliphatic heterocycles. The van der Waals surface area contributed by atoms with E-state index in [0.717, 1.165) is 0 Å². The van der Waals surface area contributed by atoms with Crippen LogP contribution in [0.15, 0.2) is 41.3 Å². The van der Waals surface area contributed by atoms with Crippen LogP contribution in [0.1, 0.15) is 16.1 Å². The molecular formula is C13H11NO3. The summed E-state index contributed by atoms with van der Waals surface area (Å²) in [6.45, 7) is 1.75. The molecule has 0 unspecified atom stereocenters. The minimum atomic E-state index is -1.22. The van der Waals surface area contributed by atoms with E-state index in [4.69, 9.17) is 5.11 Å². The van der Waals surface area contributed by atoms with E-state index in [1.165, 1.54) is 6.20 Å². The summed E-state index contributed by atoms with van der Waals surface area (Å²) >= 11 is 0. The van der Waals surface area contributed by atoms with Crippen LogP contribution in [0, 0.1) is 6.92 Å². The number of aromatic amines is 1. The second-order valence-corrected chi connectivity index (χ2v) is 3.70. The zero-order valence-corrected chi connectivity index (χ0v) is 9.23. The Kier molecular flexibility index (Phi) is 2.78. The maximum atomic E-state index is 12.0. The molecule has 86 valence electrons. The molecule has 0 spiro atoms. The molecule has 17 heavy (non-hydrogen) atoms. The van der Waals surface area contributed by atoms with E-state index >= 15 is 0 Å². The highest BCUT2D eigenvalue weighted by atomic mass is 16.4. The zero-order chi connectivity index (χ0) is 12.4. The maximum Gasteiger partial charge on any atom is 0.341 e. The first-order valence-corrected chi connectivity index (χ1v) is 5.12. The zero-order valence-electron chi connectivity index (χ0n) is 9.23. The van der Waals surface area contributed by atoms with E-state index in [9.17, 15) is 9.59 Å². The third kappa shape index (κ3) is 1.97. The number of hydrogen-bond donors (Lipinski definition) is 2. The normalized spacial score (nSPS) is 10.2. The SMILES string of the molecule is Cc1[nH]cc(C(=O)O)c(=O)c1-c1ccccc1. The fraction of sp³-hybridized carbons (Fsp3) is 0.0769. The van der Waals surface area contributed by atoms with E-state index in [2.05, 4.69) is 4.98 Å². The summed E-state index contributed by atoms with van der Waals surface area (Å²) in [7, 11) is 0. The molecule has 0 radical (unpaired) electrons. The van der Waals surface area contributed by atoms with Gasteiger partial charge in [-0.25, -0.2) is 4.79 Å². The molecular weight excluding hydrogens is 218 g/mol. The number of aromatic nitrogens is 1. The molecule has 4 heteroatoms. The van der Waals surface area contributed by atoms with Gasteiger partial charge >= 0.3 is 5.97 Å². The Balaban J connectivity index is 2.74. The number of benzene rings is 1. The summed E-state index contributed by atoms with van der Waals surface area (Å²) in [5, 5.41) is 8.91. The lowest BCUT2D eigenvalue weighted by Crippen LogP contribution is -2.18. The molecule has 1 heterocycles. The number of hydrogen-bond acceptors (Lipinski definition) is 2. The fourth-order valence-electron chi connectivity index (χ4n) is 1.73. The molecule has 1 aromatic heterocycles. The lowest BCUT2D eigenvalue weighted by atomic mass is 10.0. The van der Waals surface area contributed by atoms with Crippen molar-refractivity contribution in [3.05, 3.63) is 58.0 Å². The number of rotatable bonds is 2. The number of nitrogens with one attached hydrogen (secondary N) is 1. The Labute approximate surface area is 97.6 Å². The summed E-state index contributed by atoms with van der Waals surface area (Å²) in [4.78, 5) is 25.7. The van der Waals surface area contributed by atoms with Gasteiger partial charge in [0.15, 0.2) is 0 Å². The van der Waals surface area contributed by atoms with Crippen LogP contribution >= 0.6 is 0 Å². The molecule has 0 aliphatic rings. The predicted molar refractivity (Wildman–Crippen MR) is 64.2 cm³/mol. The number of aryl methyl sites for hydroxylation is 1. The molecule has 0 saturated carbocycles. The Bertz CT molecular complexity index is 614. The van der Waals surface area contributed by atoms with Crippen molar-refractivity contribution in [2.24, 2.45) is 0 Å². The number of carboxylic acid groups (broad SMARTS) is 1. The van der Waals surface area contributed by atoms with Crippen LogP contribution in [0.4, 0.5) is 0 Å². The summed E-state index contributed by atoms with van der Waals surface area (Å²) in [5.74, 6) is -1.22. The molecule has 0 bridgehead atoms. The van der Waals surface area contributed by atoms with Crippen molar-refractivity contribution in [3.63, 3.8) is 0 Å². The van der Waals surface area contributed by atoms with Gasteiger partial charge in [0.25, 0.3) is 0 Å². The van der Waals surface area contributed by atoms with Crippen LogP contribution in [-0.4, -0.2) is 16.1 Å². The lowest BCUT2D eigenvalue weighted by molar-refractivity contribution is 0.0695. The third-order valence-corrected chi connectivity index (χ3v) is 2.57. The highest BCUT2D eigenvalue weighted by Crippen LogP contribution is 2.18. The minimum absolute atomic E-state index is 0.241. The van der Waals surface area contributed by atoms with Crippen molar-refractivity contribution in [2.45, 2.75) is 6.92 Å². The molecule has 0 fully saturated rings. The van der Waals surface area contributed by atoms with Gasteiger partial charge in [-0.2, -0.15) is 0 Å². The van der Waals surface area contributed by atoms with E-state index in [1.807, 2.05) is 18.2 Å². The highest BCUT2D eigenvalue weighted by Gasteiger charge is 2.15. The fourth-order valence-corrected chi connectivity index (χ4v) is 1.73. The standard InChI is InChI=1S/C13H11NO3/c1-8-11(9-5-3-2-4-6-9)12(15)10(7-14-8)13(16)17/h2-7H,1H3,(H,14,15)(H,16,17). The Hall–Kier alpha value is -2.36. The number of aromatic carboxylic acids is 1. The van der Waals surface area contributed by atoms with Gasteiger partial charge in [-0.05, 0) is 12.5 Å². The van der Waals surface area contributed by atoms with Gasteiger partial charge in [-0.15, -0.1) is 0 Å². The first kappa shape index (κ1) is 11.1. The van der Waals surface area contributed by atoms with E-state index < -0.39 is 11.4 Å². The average Bonchev–Trinajstić information content (AvgIpc) is 2.30. The van der Waals surface area contributed by atoms with E-state index in [1.54, 1.807) is 19.1 Å². The average molecular weight is 229 g/mol. The molecule has 0 aliphatic carbocycles.